The lowest BCUT2D eigenvalue weighted by molar-refractivity contribution is 0.0195. The highest BCUT2D eigenvalue weighted by Crippen LogP contribution is 2.24. The molecule has 1 heterocycles. The van der Waals surface area contributed by atoms with Crippen molar-refractivity contribution in [1.29, 1.82) is 0 Å². The van der Waals surface area contributed by atoms with Crippen LogP contribution in [0.5, 0.6) is 0 Å². The van der Waals surface area contributed by atoms with E-state index in [0.717, 1.165) is 52.2 Å². The van der Waals surface area contributed by atoms with Gasteiger partial charge in [0.2, 0.25) is 0 Å². The summed E-state index contributed by atoms with van der Waals surface area (Å²) in [6, 6.07) is 23.1. The Kier molecular flexibility index (Phi) is 10.4. The van der Waals surface area contributed by atoms with Crippen molar-refractivity contribution in [2.75, 3.05) is 46.0 Å². The van der Waals surface area contributed by atoms with E-state index in [-0.39, 0.29) is 18.4 Å². The van der Waals surface area contributed by atoms with Crippen molar-refractivity contribution in [3.63, 3.8) is 0 Å². The molecule has 5 nitrogen and oxygen atoms in total. The van der Waals surface area contributed by atoms with Gasteiger partial charge in [-0.1, -0.05) is 54.6 Å². The minimum atomic E-state index is -0.250. The van der Waals surface area contributed by atoms with Crippen LogP contribution in [0, 0.1) is 0 Å². The second kappa shape index (κ2) is 13.4. The molecule has 1 saturated heterocycles. The number of rotatable bonds is 10. The lowest BCUT2D eigenvalue weighted by Gasteiger charge is -2.26. The van der Waals surface area contributed by atoms with Crippen LogP contribution in [0.2, 0.25) is 0 Å². The van der Waals surface area contributed by atoms with E-state index in [1.54, 1.807) is 0 Å². The Morgan fingerprint density at radius 1 is 1.03 bits per heavy atom. The molecule has 1 fully saturated rings. The topological polar surface area (TPSA) is 50.8 Å². The first-order valence-corrected chi connectivity index (χ1v) is 12.0. The number of esters is 1. The normalized spacial score (nSPS) is 15.0. The zero-order chi connectivity index (χ0) is 22.9. The van der Waals surface area contributed by atoms with Gasteiger partial charge in [0, 0.05) is 25.7 Å². The minimum absolute atomic E-state index is 0. The van der Waals surface area contributed by atoms with Gasteiger partial charge in [-0.05, 0) is 60.3 Å². The zero-order valence-electron chi connectivity index (χ0n) is 19.9. The summed E-state index contributed by atoms with van der Waals surface area (Å²) in [5, 5.41) is 6.25. The van der Waals surface area contributed by atoms with Gasteiger partial charge in [0.05, 0.1) is 18.8 Å². The Balaban J connectivity index is 0.00000324. The molecule has 4 rings (SSSR count). The highest BCUT2D eigenvalue weighted by atomic mass is 35.5. The predicted octanol–water partition coefficient (Wildman–Crippen LogP) is 5.03. The Morgan fingerprint density at radius 3 is 2.56 bits per heavy atom. The van der Waals surface area contributed by atoms with Crippen LogP contribution in [0.25, 0.3) is 10.8 Å². The van der Waals surface area contributed by atoms with Crippen molar-refractivity contribution >= 4 is 29.1 Å². The number of nitrogens with one attached hydrogen (secondary N) is 1. The van der Waals surface area contributed by atoms with Crippen LogP contribution in [0.3, 0.4) is 0 Å². The van der Waals surface area contributed by atoms with Gasteiger partial charge in [0.1, 0.15) is 6.61 Å². The summed E-state index contributed by atoms with van der Waals surface area (Å²) in [5.74, 6) is -0.250. The van der Waals surface area contributed by atoms with Crippen LogP contribution in [-0.2, 0) is 15.9 Å². The number of halogens is 1. The minimum Gasteiger partial charge on any atom is -0.461 e. The number of hydrogen-bond donors (Lipinski definition) is 1. The van der Waals surface area contributed by atoms with E-state index in [2.05, 4.69) is 59.6 Å². The lowest BCUT2D eigenvalue weighted by Crippen LogP contribution is -2.38. The number of morpholine rings is 1. The van der Waals surface area contributed by atoms with E-state index in [0.29, 0.717) is 18.2 Å². The molecule has 0 radical (unpaired) electrons. The average molecular weight is 483 g/mol. The fourth-order valence-electron chi connectivity index (χ4n) is 4.33. The molecule has 1 aliphatic heterocycles. The maximum absolute atomic E-state index is 12.3. The van der Waals surface area contributed by atoms with Gasteiger partial charge in [0.15, 0.2) is 0 Å². The Morgan fingerprint density at radius 2 is 1.76 bits per heavy atom. The molecule has 0 aromatic heterocycles. The Bertz CT molecular complexity index is 1030. The number of benzene rings is 3. The smallest absolute Gasteiger partial charge is 0.338 e. The van der Waals surface area contributed by atoms with Gasteiger partial charge in [-0.2, -0.15) is 0 Å². The Labute approximate surface area is 208 Å². The maximum Gasteiger partial charge on any atom is 0.338 e. The van der Waals surface area contributed by atoms with Crippen molar-refractivity contribution in [2.45, 2.75) is 25.8 Å². The second-order valence-electron chi connectivity index (χ2n) is 8.63. The van der Waals surface area contributed by atoms with Crippen molar-refractivity contribution < 1.29 is 14.3 Å². The number of ether oxygens (including phenoxy) is 2. The van der Waals surface area contributed by atoms with Gasteiger partial charge in [-0.3, -0.25) is 4.90 Å². The van der Waals surface area contributed by atoms with Gasteiger partial charge >= 0.3 is 5.97 Å². The number of aryl methyl sites for hydroxylation is 1. The standard InChI is InChI=1S/C28H34N2O3.ClH/c1-22(26-10-4-8-24-7-2-3-9-27(24)26)29-15-5-6-23-11-13-25(14-12-23)28(31)33-21-18-30-16-19-32-20-17-30;/h2-4,7-14,22,29H,5-6,15-21H2,1H3;1H. The Hall–Kier alpha value is -2.44. The highest BCUT2D eigenvalue weighted by Gasteiger charge is 2.12. The fourth-order valence-corrected chi connectivity index (χ4v) is 4.33. The number of carbonyl (C=O) groups excluding carboxylic acids is 1. The van der Waals surface area contributed by atoms with Crippen LogP contribution in [0.1, 0.15) is 40.9 Å². The van der Waals surface area contributed by atoms with Crippen LogP contribution in [0.4, 0.5) is 0 Å². The first-order chi connectivity index (χ1) is 16.2. The lowest BCUT2D eigenvalue weighted by atomic mass is 9.99. The monoisotopic (exact) mass is 482 g/mol. The SMILES string of the molecule is CC(NCCCc1ccc(C(=O)OCCN2CCOCC2)cc1)c1cccc2ccccc12.Cl. The summed E-state index contributed by atoms with van der Waals surface area (Å²) in [6.45, 7) is 7.67. The largest absolute Gasteiger partial charge is 0.461 e. The van der Waals surface area contributed by atoms with Crippen molar-refractivity contribution in [3.05, 3.63) is 83.4 Å². The van der Waals surface area contributed by atoms with Gasteiger partial charge in [0.25, 0.3) is 0 Å². The molecule has 1 aliphatic rings. The third-order valence-corrected chi connectivity index (χ3v) is 6.32. The number of fused-ring (bicyclic) bond motifs is 1. The summed E-state index contributed by atoms with van der Waals surface area (Å²) >= 11 is 0. The molecule has 1 atom stereocenters. The van der Waals surface area contributed by atoms with E-state index >= 15 is 0 Å². The van der Waals surface area contributed by atoms with E-state index in [1.807, 2.05) is 24.3 Å². The first kappa shape index (κ1) is 26.2. The van der Waals surface area contributed by atoms with E-state index in [4.69, 9.17) is 9.47 Å². The number of nitrogens with zero attached hydrogens (tertiary/aromatic N) is 1. The molecule has 0 spiro atoms. The van der Waals surface area contributed by atoms with Gasteiger partial charge in [-0.15, -0.1) is 12.4 Å². The molecule has 0 amide bonds. The highest BCUT2D eigenvalue weighted by molar-refractivity contribution is 5.89. The zero-order valence-corrected chi connectivity index (χ0v) is 20.7. The fraction of sp³-hybridized carbons (Fsp3) is 0.393. The molecule has 0 aliphatic carbocycles. The molecule has 0 saturated carbocycles. The van der Waals surface area contributed by atoms with Gasteiger partial charge < -0.3 is 14.8 Å². The van der Waals surface area contributed by atoms with E-state index in [9.17, 15) is 4.79 Å². The molecule has 3 aromatic rings. The molecule has 0 bridgehead atoms. The predicted molar refractivity (Wildman–Crippen MR) is 140 cm³/mol. The maximum atomic E-state index is 12.3. The molecule has 182 valence electrons. The van der Waals surface area contributed by atoms with Crippen molar-refractivity contribution in [3.8, 4) is 0 Å². The molecule has 1 N–H and O–H groups in total. The van der Waals surface area contributed by atoms with Crippen molar-refractivity contribution in [1.82, 2.24) is 10.2 Å². The third-order valence-electron chi connectivity index (χ3n) is 6.32. The van der Waals surface area contributed by atoms with E-state index in [1.165, 1.54) is 21.9 Å². The summed E-state index contributed by atoms with van der Waals surface area (Å²) in [7, 11) is 0. The molecule has 6 heteroatoms. The van der Waals surface area contributed by atoms with Crippen LogP contribution >= 0.6 is 12.4 Å². The van der Waals surface area contributed by atoms with E-state index < -0.39 is 0 Å². The van der Waals surface area contributed by atoms with Gasteiger partial charge in [-0.25, -0.2) is 4.79 Å². The summed E-state index contributed by atoms with van der Waals surface area (Å²) < 4.78 is 10.8. The number of hydrogen-bond acceptors (Lipinski definition) is 5. The van der Waals surface area contributed by atoms with Crippen LogP contribution < -0.4 is 5.32 Å². The third kappa shape index (κ3) is 7.28. The second-order valence-corrected chi connectivity index (χ2v) is 8.63. The molecule has 34 heavy (non-hydrogen) atoms. The van der Waals surface area contributed by atoms with Crippen LogP contribution in [-0.4, -0.2) is 56.9 Å². The quantitative estimate of drug-likeness (QED) is 0.324. The number of carbonyl (C=O) groups is 1. The molecular formula is C28H35ClN2O3. The molecule has 1 unspecified atom stereocenters. The summed E-state index contributed by atoms with van der Waals surface area (Å²) in [6.07, 6.45) is 2.01. The molecule has 3 aromatic carbocycles. The van der Waals surface area contributed by atoms with Crippen molar-refractivity contribution in [2.24, 2.45) is 0 Å². The first-order valence-electron chi connectivity index (χ1n) is 12.0. The summed E-state index contributed by atoms with van der Waals surface area (Å²) in [4.78, 5) is 14.5. The summed E-state index contributed by atoms with van der Waals surface area (Å²) in [5.41, 5.74) is 3.19. The van der Waals surface area contributed by atoms with Crippen LogP contribution in [0.15, 0.2) is 66.7 Å². The average Bonchev–Trinajstić information content (AvgIpc) is 2.87. The molecular weight excluding hydrogens is 448 g/mol.